The van der Waals surface area contributed by atoms with E-state index >= 15 is 0 Å². The largest absolute Gasteiger partial charge is 0.279 e. The van der Waals surface area contributed by atoms with E-state index in [2.05, 4.69) is 50.6 Å². The highest BCUT2D eigenvalue weighted by molar-refractivity contribution is 14.1. The third kappa shape index (κ3) is 2.40. The Labute approximate surface area is 122 Å². The number of amides is 1. The van der Waals surface area contributed by atoms with E-state index < -0.39 is 0 Å². The van der Waals surface area contributed by atoms with Crippen molar-refractivity contribution < 1.29 is 4.79 Å². The Morgan fingerprint density at radius 1 is 1.38 bits per heavy atom. The monoisotopic (exact) mass is 440 g/mol. The molecule has 3 nitrogen and oxygen atoms in total. The maximum atomic E-state index is 12.0. The third-order valence-corrected chi connectivity index (χ3v) is 5.35. The molecule has 1 amide bonds. The van der Waals surface area contributed by atoms with Crippen LogP contribution in [0.5, 0.6) is 0 Å². The second kappa shape index (κ2) is 5.01. The van der Waals surface area contributed by atoms with Crippen LogP contribution in [0.3, 0.4) is 0 Å². The first kappa shape index (κ1) is 12.3. The predicted molar refractivity (Wildman–Crippen MR) is 81.7 cm³/mol. The van der Waals surface area contributed by atoms with Crippen molar-refractivity contribution in [3.63, 3.8) is 0 Å². The predicted octanol–water partition coefficient (Wildman–Crippen LogP) is 2.93. The van der Waals surface area contributed by atoms with E-state index in [1.807, 2.05) is 31.2 Å². The van der Waals surface area contributed by atoms with Gasteiger partial charge in [0.15, 0.2) is 0 Å². The van der Waals surface area contributed by atoms with Crippen LogP contribution in [0.2, 0.25) is 0 Å². The molecule has 0 spiro atoms. The SMILES string of the molecule is Cc1cccc(N2NCC(I)=C(I)C2=O)c1. The van der Waals surface area contributed by atoms with Gasteiger partial charge in [0.25, 0.3) is 5.91 Å². The van der Waals surface area contributed by atoms with Crippen LogP contribution in [-0.4, -0.2) is 12.5 Å². The van der Waals surface area contributed by atoms with E-state index in [-0.39, 0.29) is 5.91 Å². The van der Waals surface area contributed by atoms with E-state index in [1.54, 1.807) is 5.01 Å². The Bertz CT molecular complexity index is 471. The summed E-state index contributed by atoms with van der Waals surface area (Å²) in [5.74, 6) is 0.0156. The molecule has 0 fully saturated rings. The second-order valence-corrected chi connectivity index (χ2v) is 5.91. The average molecular weight is 440 g/mol. The minimum Gasteiger partial charge on any atom is -0.267 e. The second-order valence-electron chi connectivity index (χ2n) is 3.53. The molecule has 1 aromatic carbocycles. The molecule has 1 aromatic rings. The minimum absolute atomic E-state index is 0.0156. The number of halogens is 2. The Hall–Kier alpha value is -0.150. The average Bonchev–Trinajstić information content (AvgIpc) is 2.26. The number of anilines is 1. The molecule has 0 atom stereocenters. The van der Waals surface area contributed by atoms with E-state index in [9.17, 15) is 4.79 Å². The fourth-order valence-corrected chi connectivity index (χ4v) is 2.32. The summed E-state index contributed by atoms with van der Waals surface area (Å²) in [6.45, 7) is 2.72. The van der Waals surface area contributed by atoms with E-state index in [0.717, 1.165) is 18.4 Å². The van der Waals surface area contributed by atoms with Crippen molar-refractivity contribution in [2.45, 2.75) is 6.92 Å². The van der Waals surface area contributed by atoms with Crippen LogP contribution < -0.4 is 10.4 Å². The molecule has 1 aliphatic rings. The van der Waals surface area contributed by atoms with Gasteiger partial charge in [0, 0.05) is 10.1 Å². The van der Waals surface area contributed by atoms with Crippen molar-refractivity contribution in [1.29, 1.82) is 0 Å². The maximum Gasteiger partial charge on any atom is 0.279 e. The van der Waals surface area contributed by atoms with Crippen molar-refractivity contribution in [1.82, 2.24) is 5.43 Å². The zero-order valence-corrected chi connectivity index (χ0v) is 12.9. The highest BCUT2D eigenvalue weighted by atomic mass is 127. The lowest BCUT2D eigenvalue weighted by Crippen LogP contribution is -2.47. The Morgan fingerprint density at radius 3 is 2.81 bits per heavy atom. The smallest absolute Gasteiger partial charge is 0.267 e. The van der Waals surface area contributed by atoms with Gasteiger partial charge in [-0.25, -0.2) is 10.4 Å². The van der Waals surface area contributed by atoms with Crippen LogP contribution in [0.1, 0.15) is 5.56 Å². The number of nitrogens with one attached hydrogen (secondary N) is 1. The first-order valence-corrected chi connectivity index (χ1v) is 6.94. The van der Waals surface area contributed by atoms with Crippen molar-refractivity contribution in [2.24, 2.45) is 0 Å². The normalized spacial score (nSPS) is 16.9. The molecule has 1 heterocycles. The van der Waals surface area contributed by atoms with Crippen molar-refractivity contribution in [3.05, 3.63) is 37.0 Å². The molecule has 1 aliphatic heterocycles. The number of benzene rings is 1. The fraction of sp³-hybridized carbons (Fsp3) is 0.182. The number of carbonyl (C=O) groups is 1. The molecule has 0 unspecified atom stereocenters. The van der Waals surface area contributed by atoms with Gasteiger partial charge in [-0.1, -0.05) is 12.1 Å². The molecular formula is C11H10I2N2O. The summed E-state index contributed by atoms with van der Waals surface area (Å²) in [5, 5.41) is 1.61. The summed E-state index contributed by atoms with van der Waals surface area (Å²) in [4.78, 5) is 12.0. The molecule has 84 valence electrons. The molecule has 1 N–H and O–H groups in total. The molecule has 0 radical (unpaired) electrons. The lowest BCUT2D eigenvalue weighted by Gasteiger charge is -2.28. The Balaban J connectivity index is 2.34. The van der Waals surface area contributed by atoms with E-state index in [4.69, 9.17) is 0 Å². The fourth-order valence-electron chi connectivity index (χ4n) is 1.49. The van der Waals surface area contributed by atoms with Gasteiger partial charge in [-0.05, 0) is 69.8 Å². The zero-order valence-electron chi connectivity index (χ0n) is 8.63. The van der Waals surface area contributed by atoms with E-state index in [0.29, 0.717) is 6.54 Å². The van der Waals surface area contributed by atoms with Crippen molar-refractivity contribution >= 4 is 56.8 Å². The summed E-state index contributed by atoms with van der Waals surface area (Å²) < 4.78 is 1.85. The topological polar surface area (TPSA) is 32.3 Å². The van der Waals surface area contributed by atoms with E-state index in [1.165, 1.54) is 0 Å². The summed E-state index contributed by atoms with van der Waals surface area (Å²) >= 11 is 4.30. The molecular weight excluding hydrogens is 430 g/mol. The minimum atomic E-state index is 0.0156. The van der Waals surface area contributed by atoms with Crippen LogP contribution in [0.15, 0.2) is 31.4 Å². The molecule has 16 heavy (non-hydrogen) atoms. The summed E-state index contributed by atoms with van der Waals surface area (Å²) in [7, 11) is 0. The molecule has 0 bridgehead atoms. The molecule has 5 heteroatoms. The maximum absolute atomic E-state index is 12.0. The number of aryl methyl sites for hydroxylation is 1. The molecule has 2 rings (SSSR count). The van der Waals surface area contributed by atoms with Gasteiger partial charge >= 0.3 is 0 Å². The Morgan fingerprint density at radius 2 is 2.12 bits per heavy atom. The van der Waals surface area contributed by atoms with Gasteiger partial charge < -0.3 is 0 Å². The molecule has 0 saturated carbocycles. The summed E-state index contributed by atoms with van der Waals surface area (Å²) in [6.07, 6.45) is 0. The molecule has 0 saturated heterocycles. The first-order valence-electron chi connectivity index (χ1n) is 4.78. The van der Waals surface area contributed by atoms with Crippen LogP contribution in [0.4, 0.5) is 5.69 Å². The number of hydrazine groups is 1. The number of hydrogen-bond acceptors (Lipinski definition) is 2. The number of carbonyl (C=O) groups excluding carboxylic acids is 1. The quantitative estimate of drug-likeness (QED) is 0.682. The van der Waals surface area contributed by atoms with Crippen LogP contribution in [0, 0.1) is 6.92 Å². The number of rotatable bonds is 1. The van der Waals surface area contributed by atoms with Crippen molar-refractivity contribution in [2.75, 3.05) is 11.6 Å². The van der Waals surface area contributed by atoms with Crippen LogP contribution >= 0.6 is 45.2 Å². The summed E-state index contributed by atoms with van der Waals surface area (Å²) in [6, 6.07) is 7.89. The van der Waals surface area contributed by atoms with Gasteiger partial charge in [-0.2, -0.15) is 0 Å². The third-order valence-electron chi connectivity index (χ3n) is 2.28. The van der Waals surface area contributed by atoms with Gasteiger partial charge in [-0.3, -0.25) is 4.79 Å². The summed E-state index contributed by atoms with van der Waals surface area (Å²) in [5.41, 5.74) is 5.14. The Kier molecular flexibility index (Phi) is 3.85. The zero-order chi connectivity index (χ0) is 11.7. The number of nitrogens with zero attached hydrogens (tertiary/aromatic N) is 1. The van der Waals surface area contributed by atoms with Gasteiger partial charge in [0.05, 0.1) is 9.27 Å². The molecule has 0 aliphatic carbocycles. The lowest BCUT2D eigenvalue weighted by atomic mass is 10.2. The van der Waals surface area contributed by atoms with Crippen LogP contribution in [0.25, 0.3) is 0 Å². The van der Waals surface area contributed by atoms with Crippen molar-refractivity contribution in [3.8, 4) is 0 Å². The first-order chi connectivity index (χ1) is 7.59. The highest BCUT2D eigenvalue weighted by Crippen LogP contribution is 2.27. The lowest BCUT2D eigenvalue weighted by molar-refractivity contribution is -0.115. The van der Waals surface area contributed by atoms with Gasteiger partial charge in [0.2, 0.25) is 0 Å². The van der Waals surface area contributed by atoms with Gasteiger partial charge in [-0.15, -0.1) is 0 Å². The number of hydrogen-bond donors (Lipinski definition) is 1. The highest BCUT2D eigenvalue weighted by Gasteiger charge is 2.25. The van der Waals surface area contributed by atoms with Gasteiger partial charge in [0.1, 0.15) is 0 Å². The van der Waals surface area contributed by atoms with Crippen LogP contribution in [-0.2, 0) is 4.79 Å². The molecule has 0 aromatic heterocycles. The standard InChI is InChI=1S/C11H10I2N2O/c1-7-3-2-4-8(5-7)15-11(16)10(13)9(12)6-14-15/h2-5,14H,6H2,1H3.